The maximum Gasteiger partial charge on any atom is 0.311 e. The van der Waals surface area contributed by atoms with Crippen LogP contribution in [0, 0.1) is 5.41 Å². The molecule has 2 heterocycles. The van der Waals surface area contributed by atoms with Crippen molar-refractivity contribution >= 4 is 11.9 Å². The zero-order chi connectivity index (χ0) is 33.4. The molecular formula is C33H45NO12. The highest BCUT2D eigenvalue weighted by Gasteiger charge is 2.52. The highest BCUT2D eigenvalue weighted by Crippen LogP contribution is 2.31. The summed E-state index contributed by atoms with van der Waals surface area (Å²) in [7, 11) is 0. The summed E-state index contributed by atoms with van der Waals surface area (Å²) in [5.74, 6) is -1.08. The van der Waals surface area contributed by atoms with Crippen molar-refractivity contribution in [3.05, 3.63) is 71.8 Å². The summed E-state index contributed by atoms with van der Waals surface area (Å²) < 4.78 is 34.9. The molecule has 2 saturated heterocycles. The van der Waals surface area contributed by atoms with Crippen molar-refractivity contribution in [1.29, 1.82) is 0 Å². The third kappa shape index (κ3) is 9.53. The Morgan fingerprint density at radius 1 is 0.783 bits per heavy atom. The predicted octanol–water partition coefficient (Wildman–Crippen LogP) is 0.793. The number of aliphatic hydroxyl groups is 4. The average molecular weight is 648 g/mol. The van der Waals surface area contributed by atoms with Crippen LogP contribution in [0.15, 0.2) is 60.7 Å². The minimum atomic E-state index is -1.81. The normalized spacial score (nSPS) is 31.7. The molecule has 0 unspecified atom stereocenters. The van der Waals surface area contributed by atoms with Gasteiger partial charge in [0.1, 0.15) is 55.4 Å². The second-order valence-corrected chi connectivity index (χ2v) is 12.5. The van der Waals surface area contributed by atoms with Crippen molar-refractivity contribution in [2.24, 2.45) is 5.41 Å². The summed E-state index contributed by atoms with van der Waals surface area (Å²) in [4.78, 5) is 24.6. The fourth-order valence-electron chi connectivity index (χ4n) is 5.14. The Morgan fingerprint density at radius 3 is 1.98 bits per heavy atom. The first-order valence-corrected chi connectivity index (χ1v) is 15.3. The number of rotatable bonds is 12. The molecule has 5 N–H and O–H groups in total. The first-order valence-electron chi connectivity index (χ1n) is 15.3. The van der Waals surface area contributed by atoms with Crippen LogP contribution in [-0.4, -0.2) is 107 Å². The molecule has 2 aromatic rings. The first kappa shape index (κ1) is 35.9. The zero-order valence-corrected chi connectivity index (χ0v) is 26.4. The van der Waals surface area contributed by atoms with E-state index in [4.69, 9.17) is 28.4 Å². The van der Waals surface area contributed by atoms with E-state index < -0.39 is 85.2 Å². The van der Waals surface area contributed by atoms with E-state index in [9.17, 15) is 30.0 Å². The van der Waals surface area contributed by atoms with E-state index in [1.807, 2.05) is 60.7 Å². The van der Waals surface area contributed by atoms with Crippen LogP contribution in [-0.2, 0) is 51.2 Å². The molecule has 13 heteroatoms. The molecule has 0 aromatic heterocycles. The fraction of sp³-hybridized carbons (Fsp3) is 0.576. The Balaban J connectivity index is 1.54. The minimum absolute atomic E-state index is 0.0506. The number of carbonyl (C=O) groups is 2. The van der Waals surface area contributed by atoms with E-state index in [1.54, 1.807) is 20.8 Å². The van der Waals surface area contributed by atoms with Gasteiger partial charge in [0, 0.05) is 6.92 Å². The third-order valence-corrected chi connectivity index (χ3v) is 7.66. The summed E-state index contributed by atoms with van der Waals surface area (Å²) in [6.45, 7) is 6.09. The van der Waals surface area contributed by atoms with Gasteiger partial charge >= 0.3 is 5.97 Å². The second kappa shape index (κ2) is 16.2. The fourth-order valence-corrected chi connectivity index (χ4v) is 5.14. The van der Waals surface area contributed by atoms with Crippen molar-refractivity contribution in [2.45, 2.75) is 102 Å². The molecule has 2 aliphatic rings. The summed E-state index contributed by atoms with van der Waals surface area (Å²) in [5, 5.41) is 46.6. The quantitative estimate of drug-likeness (QED) is 0.205. The standard InChI is InChI=1S/C33H45NO12/c1-19(35)34-24-26(37)28(42-16-21-13-9-6-10-14-21)23(17-41-15-20-11-7-5-8-12-20)45-31(24)46-29-25(36)22(44-30(39)27(29)38)18-43-32(40)33(2,3)4/h5-14,22-31,36-39H,15-18H2,1-4H3,(H,34,35)/t22-,23-,24-,25+,26-,27-,28-,29+,30-,31+/m1/s1. The zero-order valence-electron chi connectivity index (χ0n) is 26.4. The van der Waals surface area contributed by atoms with Gasteiger partial charge in [0.2, 0.25) is 5.91 Å². The molecule has 4 rings (SSSR count). The topological polar surface area (TPSA) is 182 Å². The number of amides is 1. The number of nitrogens with one attached hydrogen (secondary N) is 1. The summed E-state index contributed by atoms with van der Waals surface area (Å²) in [6, 6.07) is 17.5. The predicted molar refractivity (Wildman–Crippen MR) is 162 cm³/mol. The van der Waals surface area contributed by atoms with Crippen LogP contribution in [0.1, 0.15) is 38.8 Å². The van der Waals surface area contributed by atoms with Gasteiger partial charge < -0.3 is 54.2 Å². The minimum Gasteiger partial charge on any atom is -0.462 e. The van der Waals surface area contributed by atoms with Crippen molar-refractivity contribution in [1.82, 2.24) is 5.32 Å². The molecule has 1 amide bonds. The van der Waals surface area contributed by atoms with Crippen LogP contribution in [0.4, 0.5) is 0 Å². The largest absolute Gasteiger partial charge is 0.462 e. The molecule has 0 bridgehead atoms. The van der Waals surface area contributed by atoms with Crippen LogP contribution in [0.3, 0.4) is 0 Å². The average Bonchev–Trinajstić information content (AvgIpc) is 3.02. The molecule has 2 aliphatic heterocycles. The maximum absolute atomic E-state index is 12.3. The second-order valence-electron chi connectivity index (χ2n) is 12.5. The molecule has 0 saturated carbocycles. The van der Waals surface area contributed by atoms with Crippen molar-refractivity contribution in [3.8, 4) is 0 Å². The van der Waals surface area contributed by atoms with Gasteiger partial charge in [-0.25, -0.2) is 0 Å². The number of aliphatic hydroxyl groups excluding tert-OH is 4. The van der Waals surface area contributed by atoms with E-state index in [0.29, 0.717) is 0 Å². The van der Waals surface area contributed by atoms with E-state index in [2.05, 4.69) is 5.32 Å². The highest BCUT2D eigenvalue weighted by atomic mass is 16.7. The Morgan fingerprint density at radius 2 is 1.39 bits per heavy atom. The number of carbonyl (C=O) groups excluding carboxylic acids is 2. The molecule has 2 fully saturated rings. The van der Waals surface area contributed by atoms with E-state index in [0.717, 1.165) is 11.1 Å². The molecule has 0 aliphatic carbocycles. The number of hydrogen-bond donors (Lipinski definition) is 5. The lowest BCUT2D eigenvalue weighted by molar-refractivity contribution is -0.345. The Labute approximate surface area is 268 Å². The maximum atomic E-state index is 12.3. The van der Waals surface area contributed by atoms with Crippen LogP contribution >= 0.6 is 0 Å². The van der Waals surface area contributed by atoms with Crippen LogP contribution < -0.4 is 5.32 Å². The van der Waals surface area contributed by atoms with Crippen molar-refractivity contribution in [2.75, 3.05) is 13.2 Å². The van der Waals surface area contributed by atoms with Gasteiger partial charge in [-0.2, -0.15) is 0 Å². The lowest BCUT2D eigenvalue weighted by Crippen LogP contribution is -2.68. The molecule has 0 spiro atoms. The van der Waals surface area contributed by atoms with Gasteiger partial charge in [-0.1, -0.05) is 60.7 Å². The molecule has 254 valence electrons. The van der Waals surface area contributed by atoms with Crippen LogP contribution in [0.2, 0.25) is 0 Å². The van der Waals surface area contributed by atoms with Gasteiger partial charge in [-0.3, -0.25) is 9.59 Å². The van der Waals surface area contributed by atoms with Gasteiger partial charge in [0.15, 0.2) is 12.6 Å². The SMILES string of the molecule is CC(=O)N[C@H]1[C@H](O[C@@H]2[C@@H](O)[C@H](O)O[C@H](COC(=O)C(C)(C)C)[C@@H]2O)O[C@H](COCc2ccccc2)[C@@H](OCc2ccccc2)[C@@H]1O. The number of esters is 1. The monoisotopic (exact) mass is 647 g/mol. The number of ether oxygens (including phenoxy) is 6. The Hall–Kier alpha value is -2.98. The smallest absolute Gasteiger partial charge is 0.311 e. The summed E-state index contributed by atoms with van der Waals surface area (Å²) in [6.07, 6.45) is -12.7. The Kier molecular flexibility index (Phi) is 12.6. The highest BCUT2D eigenvalue weighted by molar-refractivity contribution is 5.75. The molecular weight excluding hydrogens is 602 g/mol. The number of benzene rings is 2. The van der Waals surface area contributed by atoms with Crippen molar-refractivity contribution in [3.63, 3.8) is 0 Å². The molecule has 10 atom stereocenters. The van der Waals surface area contributed by atoms with E-state index in [-0.39, 0.29) is 19.8 Å². The third-order valence-electron chi connectivity index (χ3n) is 7.66. The van der Waals surface area contributed by atoms with Crippen LogP contribution in [0.5, 0.6) is 0 Å². The number of hydrogen-bond acceptors (Lipinski definition) is 12. The molecule has 2 aromatic carbocycles. The van der Waals surface area contributed by atoms with Gasteiger partial charge in [0.05, 0.1) is 25.2 Å². The van der Waals surface area contributed by atoms with Gasteiger partial charge in [0.25, 0.3) is 0 Å². The molecule has 0 radical (unpaired) electrons. The molecule has 46 heavy (non-hydrogen) atoms. The van der Waals surface area contributed by atoms with Gasteiger partial charge in [-0.05, 0) is 31.9 Å². The first-order chi connectivity index (χ1) is 21.8. The molecule has 13 nitrogen and oxygen atoms in total. The van der Waals surface area contributed by atoms with Crippen molar-refractivity contribution < 1.29 is 58.4 Å². The lowest BCUT2D eigenvalue weighted by Gasteiger charge is -2.47. The Bertz CT molecular complexity index is 1240. The lowest BCUT2D eigenvalue weighted by atomic mass is 9.95. The van der Waals surface area contributed by atoms with Crippen LogP contribution in [0.25, 0.3) is 0 Å². The van der Waals surface area contributed by atoms with Gasteiger partial charge in [-0.15, -0.1) is 0 Å². The summed E-state index contributed by atoms with van der Waals surface area (Å²) in [5.41, 5.74) is 0.918. The van der Waals surface area contributed by atoms with E-state index in [1.165, 1.54) is 6.92 Å². The summed E-state index contributed by atoms with van der Waals surface area (Å²) >= 11 is 0. The van der Waals surface area contributed by atoms with E-state index >= 15 is 0 Å².